The van der Waals surface area contributed by atoms with Crippen LogP contribution in [0.1, 0.15) is 18.5 Å². The number of hydrogen-bond donors (Lipinski definition) is 2. The van der Waals surface area contributed by atoms with Crippen LogP contribution in [-0.4, -0.2) is 32.8 Å². The summed E-state index contributed by atoms with van der Waals surface area (Å²) in [5.74, 6) is 0.798. The summed E-state index contributed by atoms with van der Waals surface area (Å²) < 4.78 is 20.7. The highest BCUT2D eigenvalue weighted by atomic mass is 19.1. The van der Waals surface area contributed by atoms with Crippen molar-refractivity contribution in [2.24, 2.45) is 0 Å². The summed E-state index contributed by atoms with van der Waals surface area (Å²) in [7, 11) is 1.54. The predicted molar refractivity (Wildman–Crippen MR) is 126 cm³/mol. The molecule has 2 aromatic carbocycles. The fourth-order valence-corrected chi connectivity index (χ4v) is 3.96. The average molecular weight is 456 g/mol. The minimum absolute atomic E-state index is 0.338. The van der Waals surface area contributed by atoms with Crippen molar-refractivity contribution < 1.29 is 13.9 Å². The Kier molecular flexibility index (Phi) is 5.51. The van der Waals surface area contributed by atoms with Crippen molar-refractivity contribution >= 4 is 17.5 Å². The number of aromatic nitrogens is 4. The van der Waals surface area contributed by atoms with Crippen LogP contribution >= 0.6 is 0 Å². The molecule has 0 aliphatic carbocycles. The van der Waals surface area contributed by atoms with Crippen LogP contribution in [0.5, 0.6) is 5.75 Å². The third kappa shape index (κ3) is 3.88. The number of hydrogen-bond acceptors (Lipinski definition) is 6. The number of anilines is 2. The van der Waals surface area contributed by atoms with E-state index >= 15 is 0 Å². The predicted octanol–water partition coefficient (Wildman–Crippen LogP) is 4.42. The number of amides is 1. The highest BCUT2D eigenvalue weighted by Crippen LogP contribution is 2.37. The Balaban J connectivity index is 1.60. The zero-order valence-corrected chi connectivity index (χ0v) is 18.5. The molecule has 34 heavy (non-hydrogen) atoms. The molecule has 9 heteroatoms. The number of carbonyl (C=O) groups excluding carboxylic acids is 1. The maximum absolute atomic E-state index is 13.7. The van der Waals surface area contributed by atoms with Crippen LogP contribution in [0, 0.1) is 5.82 Å². The number of methoxy groups -OCH3 is 1. The number of benzene rings is 2. The van der Waals surface area contributed by atoms with Crippen molar-refractivity contribution in [1.29, 1.82) is 0 Å². The Morgan fingerprint density at radius 3 is 2.56 bits per heavy atom. The van der Waals surface area contributed by atoms with Gasteiger partial charge in [0.1, 0.15) is 17.6 Å². The third-order valence-corrected chi connectivity index (χ3v) is 5.58. The summed E-state index contributed by atoms with van der Waals surface area (Å²) in [5.41, 5.74) is 3.06. The molecule has 1 aliphatic heterocycles. The standard InChI is InChI=1S/C25H21FN6O2/c1-15-21(24(33)29-19-5-3-4-6-20(19)34-2)22(16-7-9-18(26)10-8-16)32-25(28-15)30-23(31-32)17-11-13-27-14-12-17/h3-14,22H,1-2H3,(H,29,33)(H,28,30,31)/t22-/m1/s1. The summed E-state index contributed by atoms with van der Waals surface area (Å²) >= 11 is 0. The van der Waals surface area contributed by atoms with E-state index in [1.807, 2.05) is 24.3 Å². The lowest BCUT2D eigenvalue weighted by molar-refractivity contribution is -0.113. The molecule has 1 aliphatic rings. The highest BCUT2D eigenvalue weighted by molar-refractivity contribution is 6.06. The van der Waals surface area contributed by atoms with Gasteiger partial charge in [0.15, 0.2) is 5.82 Å². The molecule has 8 nitrogen and oxygen atoms in total. The molecule has 0 saturated carbocycles. The monoisotopic (exact) mass is 456 g/mol. The second kappa shape index (κ2) is 8.78. The van der Waals surface area contributed by atoms with Crippen molar-refractivity contribution in [1.82, 2.24) is 19.7 Å². The van der Waals surface area contributed by atoms with Gasteiger partial charge in [-0.2, -0.15) is 4.98 Å². The summed E-state index contributed by atoms with van der Waals surface area (Å²) in [6, 6.07) is 16.2. The van der Waals surface area contributed by atoms with Gasteiger partial charge in [-0.1, -0.05) is 24.3 Å². The maximum atomic E-state index is 13.7. The van der Waals surface area contributed by atoms with E-state index in [0.717, 1.165) is 5.56 Å². The van der Waals surface area contributed by atoms with Crippen molar-refractivity contribution in [2.45, 2.75) is 13.0 Å². The molecular weight excluding hydrogens is 435 g/mol. The molecule has 0 bridgehead atoms. The first kappa shape index (κ1) is 21.3. The third-order valence-electron chi connectivity index (χ3n) is 5.58. The summed E-state index contributed by atoms with van der Waals surface area (Å²) in [5, 5.41) is 10.8. The number of pyridine rings is 1. The molecule has 0 saturated heterocycles. The first-order chi connectivity index (χ1) is 16.5. The molecule has 170 valence electrons. The van der Waals surface area contributed by atoms with Crippen LogP contribution < -0.4 is 15.4 Å². The van der Waals surface area contributed by atoms with Crippen LogP contribution in [-0.2, 0) is 4.79 Å². The minimum Gasteiger partial charge on any atom is -0.495 e. The number of fused-ring (bicyclic) bond motifs is 1. The SMILES string of the molecule is COc1ccccc1NC(=O)C1=C(C)Nc2nc(-c3ccncc3)nn2[C@@H]1c1ccc(F)cc1. The van der Waals surface area contributed by atoms with Gasteiger partial charge in [0, 0.05) is 23.7 Å². The Labute approximate surface area is 195 Å². The first-order valence-corrected chi connectivity index (χ1v) is 10.6. The van der Waals surface area contributed by atoms with E-state index in [2.05, 4.69) is 20.6 Å². The molecule has 1 amide bonds. The quantitative estimate of drug-likeness (QED) is 0.462. The molecule has 0 spiro atoms. The molecule has 3 heterocycles. The number of carbonyl (C=O) groups is 1. The molecule has 0 fully saturated rings. The fourth-order valence-electron chi connectivity index (χ4n) is 3.96. The van der Waals surface area contributed by atoms with Gasteiger partial charge in [-0.15, -0.1) is 5.10 Å². The Morgan fingerprint density at radius 2 is 1.82 bits per heavy atom. The summed E-state index contributed by atoms with van der Waals surface area (Å²) in [4.78, 5) is 22.2. The van der Waals surface area contributed by atoms with Crippen molar-refractivity contribution in [3.63, 3.8) is 0 Å². The molecule has 4 aromatic rings. The minimum atomic E-state index is -0.630. The van der Waals surface area contributed by atoms with Crippen LogP contribution in [0.4, 0.5) is 16.0 Å². The lowest BCUT2D eigenvalue weighted by Crippen LogP contribution is -2.31. The molecule has 0 radical (unpaired) electrons. The van der Waals surface area contributed by atoms with Crippen LogP contribution in [0.15, 0.2) is 84.3 Å². The Hall–Kier alpha value is -4.53. The maximum Gasteiger partial charge on any atom is 0.255 e. The van der Waals surface area contributed by atoms with Gasteiger partial charge in [-0.3, -0.25) is 9.78 Å². The number of halogens is 1. The van der Waals surface area contributed by atoms with Crippen LogP contribution in [0.2, 0.25) is 0 Å². The van der Waals surface area contributed by atoms with E-state index < -0.39 is 6.04 Å². The zero-order valence-electron chi connectivity index (χ0n) is 18.5. The number of ether oxygens (including phenoxy) is 1. The highest BCUT2D eigenvalue weighted by Gasteiger charge is 2.34. The lowest BCUT2D eigenvalue weighted by Gasteiger charge is -2.28. The molecular formula is C25H21FN6O2. The Morgan fingerprint density at radius 1 is 1.09 bits per heavy atom. The van der Waals surface area contributed by atoms with Gasteiger partial charge in [0.05, 0.1) is 18.4 Å². The zero-order chi connectivity index (χ0) is 23.7. The molecule has 1 atom stereocenters. The fraction of sp³-hybridized carbons (Fsp3) is 0.120. The van der Waals surface area contributed by atoms with Crippen molar-refractivity contribution in [3.8, 4) is 17.1 Å². The van der Waals surface area contributed by atoms with E-state index in [4.69, 9.17) is 9.84 Å². The van der Waals surface area contributed by atoms with Gasteiger partial charge < -0.3 is 15.4 Å². The largest absolute Gasteiger partial charge is 0.495 e. The summed E-state index contributed by atoms with van der Waals surface area (Å²) in [6.45, 7) is 1.80. The number of allylic oxidation sites excluding steroid dienone is 1. The van der Waals surface area contributed by atoms with Crippen LogP contribution in [0.25, 0.3) is 11.4 Å². The van der Waals surface area contributed by atoms with Gasteiger partial charge in [0.25, 0.3) is 5.91 Å². The van der Waals surface area contributed by atoms with E-state index in [1.54, 1.807) is 55.4 Å². The average Bonchev–Trinajstić information content (AvgIpc) is 3.28. The van der Waals surface area contributed by atoms with Crippen molar-refractivity contribution in [3.05, 3.63) is 95.7 Å². The number of nitrogens with zero attached hydrogens (tertiary/aromatic N) is 4. The van der Waals surface area contributed by atoms with E-state index in [1.165, 1.54) is 12.1 Å². The smallest absolute Gasteiger partial charge is 0.255 e. The van der Waals surface area contributed by atoms with E-state index in [-0.39, 0.29) is 11.7 Å². The summed E-state index contributed by atoms with van der Waals surface area (Å²) in [6.07, 6.45) is 3.33. The van der Waals surface area contributed by atoms with Gasteiger partial charge >= 0.3 is 0 Å². The Bertz CT molecular complexity index is 1380. The first-order valence-electron chi connectivity index (χ1n) is 10.6. The van der Waals surface area contributed by atoms with Crippen LogP contribution in [0.3, 0.4) is 0 Å². The van der Waals surface area contributed by atoms with Gasteiger partial charge in [-0.05, 0) is 48.9 Å². The second-order valence-corrected chi connectivity index (χ2v) is 7.71. The normalized spacial score (nSPS) is 14.9. The second-order valence-electron chi connectivity index (χ2n) is 7.71. The van der Waals surface area contributed by atoms with Gasteiger partial charge in [0.2, 0.25) is 5.95 Å². The van der Waals surface area contributed by atoms with E-state index in [9.17, 15) is 9.18 Å². The van der Waals surface area contributed by atoms with Gasteiger partial charge in [-0.25, -0.2) is 9.07 Å². The molecule has 0 unspecified atom stereocenters. The lowest BCUT2D eigenvalue weighted by atomic mass is 9.95. The number of para-hydroxylation sites is 2. The molecule has 2 N–H and O–H groups in total. The number of rotatable bonds is 5. The number of nitrogens with one attached hydrogen (secondary N) is 2. The van der Waals surface area contributed by atoms with E-state index in [0.29, 0.717) is 40.0 Å². The molecule has 2 aromatic heterocycles. The topological polar surface area (TPSA) is 94.0 Å². The molecule has 5 rings (SSSR count). The van der Waals surface area contributed by atoms with Crippen molar-refractivity contribution in [2.75, 3.05) is 17.7 Å².